The largest absolute Gasteiger partial charge is 0.495 e. The Morgan fingerprint density at radius 1 is 1.26 bits per heavy atom. The minimum atomic E-state index is -0.272. The Balaban J connectivity index is 1.47. The fourth-order valence-corrected chi connectivity index (χ4v) is 3.41. The molecule has 1 saturated heterocycles. The predicted octanol–water partition coefficient (Wildman–Crippen LogP) is 3.50. The molecule has 0 aromatic heterocycles. The lowest BCUT2D eigenvalue weighted by molar-refractivity contribution is 0.205. The van der Waals surface area contributed by atoms with E-state index in [0.717, 1.165) is 36.5 Å². The quantitative estimate of drug-likeness (QED) is 0.845. The van der Waals surface area contributed by atoms with Crippen LogP contribution in [0, 0.1) is 11.7 Å². The number of carbonyl (C=O) groups excluding carboxylic acids is 1. The van der Waals surface area contributed by atoms with E-state index >= 15 is 0 Å². The summed E-state index contributed by atoms with van der Waals surface area (Å²) in [5.41, 5.74) is 2.00. The van der Waals surface area contributed by atoms with Crippen LogP contribution in [0.15, 0.2) is 48.5 Å². The highest BCUT2D eigenvalue weighted by atomic mass is 19.1. The van der Waals surface area contributed by atoms with Crippen LogP contribution in [-0.4, -0.2) is 44.7 Å². The summed E-state index contributed by atoms with van der Waals surface area (Å²) < 4.78 is 18.4. The van der Waals surface area contributed by atoms with Crippen LogP contribution < -0.4 is 15.0 Å². The van der Waals surface area contributed by atoms with Crippen molar-refractivity contribution in [3.8, 4) is 5.75 Å². The molecule has 144 valence electrons. The molecule has 2 amide bonds. The number of hydrogen-bond acceptors (Lipinski definition) is 3. The van der Waals surface area contributed by atoms with Crippen molar-refractivity contribution in [3.63, 3.8) is 0 Å². The number of rotatable bonds is 6. The van der Waals surface area contributed by atoms with Crippen molar-refractivity contribution in [3.05, 3.63) is 59.9 Å². The van der Waals surface area contributed by atoms with Crippen LogP contribution in [0.1, 0.15) is 12.0 Å². The van der Waals surface area contributed by atoms with Crippen molar-refractivity contribution in [2.75, 3.05) is 38.7 Å². The van der Waals surface area contributed by atoms with Gasteiger partial charge in [0, 0.05) is 33.2 Å². The van der Waals surface area contributed by atoms with E-state index in [1.54, 1.807) is 31.2 Å². The summed E-state index contributed by atoms with van der Waals surface area (Å²) in [4.78, 5) is 16.2. The van der Waals surface area contributed by atoms with Gasteiger partial charge >= 0.3 is 6.03 Å². The van der Waals surface area contributed by atoms with E-state index in [2.05, 4.69) is 16.3 Å². The number of anilines is 1. The van der Waals surface area contributed by atoms with Crippen LogP contribution >= 0.6 is 0 Å². The van der Waals surface area contributed by atoms with E-state index in [1.165, 1.54) is 12.1 Å². The zero-order valence-corrected chi connectivity index (χ0v) is 15.8. The average molecular weight is 371 g/mol. The SMILES string of the molecule is COc1ccccc1N1CCC(CNC(=O)N(C)Cc2ccc(F)cc2)C1. The Labute approximate surface area is 159 Å². The summed E-state index contributed by atoms with van der Waals surface area (Å²) in [5, 5.41) is 3.01. The highest BCUT2D eigenvalue weighted by molar-refractivity contribution is 5.73. The van der Waals surface area contributed by atoms with Crippen molar-refractivity contribution in [2.45, 2.75) is 13.0 Å². The molecule has 0 radical (unpaired) electrons. The Hall–Kier alpha value is -2.76. The topological polar surface area (TPSA) is 44.8 Å². The number of halogens is 1. The number of hydrogen-bond donors (Lipinski definition) is 1. The molecule has 0 aliphatic carbocycles. The van der Waals surface area contributed by atoms with Gasteiger partial charge in [-0.15, -0.1) is 0 Å². The Bertz CT molecular complexity index is 766. The molecule has 1 heterocycles. The highest BCUT2D eigenvalue weighted by Gasteiger charge is 2.25. The lowest BCUT2D eigenvalue weighted by atomic mass is 10.1. The fourth-order valence-electron chi connectivity index (χ4n) is 3.41. The van der Waals surface area contributed by atoms with E-state index in [0.29, 0.717) is 19.0 Å². The van der Waals surface area contributed by atoms with Gasteiger partial charge in [-0.3, -0.25) is 0 Å². The van der Waals surface area contributed by atoms with Gasteiger partial charge in [0.15, 0.2) is 0 Å². The predicted molar refractivity (Wildman–Crippen MR) is 105 cm³/mol. The minimum Gasteiger partial charge on any atom is -0.495 e. The third-order valence-electron chi connectivity index (χ3n) is 4.93. The highest BCUT2D eigenvalue weighted by Crippen LogP contribution is 2.31. The Morgan fingerprint density at radius 3 is 2.74 bits per heavy atom. The average Bonchev–Trinajstić information content (AvgIpc) is 3.16. The standard InChI is InChI=1S/C21H26FN3O2/c1-24(14-16-7-9-18(22)10-8-16)21(26)23-13-17-11-12-25(15-17)19-5-3-4-6-20(19)27-2/h3-10,17H,11-15H2,1-2H3,(H,23,26). The first kappa shape index (κ1) is 19.0. The van der Waals surface area contributed by atoms with Gasteiger partial charge in [-0.25, -0.2) is 9.18 Å². The summed E-state index contributed by atoms with van der Waals surface area (Å²) in [6.45, 7) is 2.93. The van der Waals surface area contributed by atoms with Crippen molar-refractivity contribution >= 4 is 11.7 Å². The first-order chi connectivity index (χ1) is 13.1. The van der Waals surface area contributed by atoms with E-state index in [9.17, 15) is 9.18 Å². The molecule has 0 spiro atoms. The molecule has 0 bridgehead atoms. The second-order valence-corrected chi connectivity index (χ2v) is 6.94. The number of methoxy groups -OCH3 is 1. The molecule has 2 aromatic rings. The number of carbonyl (C=O) groups is 1. The molecule has 6 heteroatoms. The number of para-hydroxylation sites is 2. The lowest BCUT2D eigenvalue weighted by Crippen LogP contribution is -2.39. The van der Waals surface area contributed by atoms with E-state index < -0.39 is 0 Å². The minimum absolute atomic E-state index is 0.116. The molecule has 1 aliphatic heterocycles. The molecule has 0 saturated carbocycles. The van der Waals surface area contributed by atoms with Crippen molar-refractivity contribution < 1.29 is 13.9 Å². The number of amides is 2. The molecule has 1 atom stereocenters. The van der Waals surface area contributed by atoms with Gasteiger partial charge < -0.3 is 19.9 Å². The third-order valence-corrected chi connectivity index (χ3v) is 4.93. The van der Waals surface area contributed by atoms with Crippen LogP contribution in [0.4, 0.5) is 14.9 Å². The van der Waals surface area contributed by atoms with Crippen LogP contribution in [0.3, 0.4) is 0 Å². The molecule has 1 aliphatic rings. The Kier molecular flexibility index (Phi) is 6.16. The molecular formula is C21H26FN3O2. The number of urea groups is 1. The molecule has 27 heavy (non-hydrogen) atoms. The van der Waals surface area contributed by atoms with Crippen LogP contribution in [-0.2, 0) is 6.54 Å². The van der Waals surface area contributed by atoms with E-state index in [1.807, 2.05) is 18.2 Å². The molecule has 3 rings (SSSR count). The second-order valence-electron chi connectivity index (χ2n) is 6.94. The smallest absolute Gasteiger partial charge is 0.317 e. The maximum Gasteiger partial charge on any atom is 0.317 e. The lowest BCUT2D eigenvalue weighted by Gasteiger charge is -2.22. The maximum absolute atomic E-state index is 13.0. The van der Waals surface area contributed by atoms with E-state index in [-0.39, 0.29) is 11.8 Å². The van der Waals surface area contributed by atoms with Crippen LogP contribution in [0.5, 0.6) is 5.75 Å². The summed E-state index contributed by atoms with van der Waals surface area (Å²) in [5.74, 6) is 1.01. The second kappa shape index (κ2) is 8.75. The van der Waals surface area contributed by atoms with Gasteiger partial charge in [-0.05, 0) is 42.2 Å². The van der Waals surface area contributed by atoms with Gasteiger partial charge in [0.25, 0.3) is 0 Å². The summed E-state index contributed by atoms with van der Waals surface area (Å²) in [6.07, 6.45) is 1.03. The van der Waals surface area contributed by atoms with Crippen LogP contribution in [0.25, 0.3) is 0 Å². The van der Waals surface area contributed by atoms with Crippen molar-refractivity contribution in [2.24, 2.45) is 5.92 Å². The molecular weight excluding hydrogens is 345 g/mol. The maximum atomic E-state index is 13.0. The zero-order chi connectivity index (χ0) is 19.2. The summed E-state index contributed by atoms with van der Waals surface area (Å²) >= 11 is 0. The van der Waals surface area contributed by atoms with Gasteiger partial charge in [-0.1, -0.05) is 24.3 Å². The number of nitrogens with one attached hydrogen (secondary N) is 1. The first-order valence-electron chi connectivity index (χ1n) is 9.18. The van der Waals surface area contributed by atoms with Gasteiger partial charge in [0.2, 0.25) is 0 Å². The van der Waals surface area contributed by atoms with Gasteiger partial charge in [-0.2, -0.15) is 0 Å². The monoisotopic (exact) mass is 371 g/mol. The first-order valence-corrected chi connectivity index (χ1v) is 9.18. The number of nitrogens with zero attached hydrogens (tertiary/aromatic N) is 2. The molecule has 5 nitrogen and oxygen atoms in total. The zero-order valence-electron chi connectivity index (χ0n) is 15.8. The molecule has 2 aromatic carbocycles. The molecule has 1 fully saturated rings. The summed E-state index contributed by atoms with van der Waals surface area (Å²) in [7, 11) is 3.43. The van der Waals surface area contributed by atoms with Crippen molar-refractivity contribution in [1.82, 2.24) is 10.2 Å². The van der Waals surface area contributed by atoms with Gasteiger partial charge in [0.05, 0.1) is 12.8 Å². The summed E-state index contributed by atoms with van der Waals surface area (Å²) in [6, 6.07) is 14.1. The number of benzene rings is 2. The normalized spacial score (nSPS) is 16.3. The van der Waals surface area contributed by atoms with Crippen LogP contribution in [0.2, 0.25) is 0 Å². The fraction of sp³-hybridized carbons (Fsp3) is 0.381. The Morgan fingerprint density at radius 2 is 2.00 bits per heavy atom. The molecule has 1 unspecified atom stereocenters. The third kappa shape index (κ3) is 4.90. The van der Waals surface area contributed by atoms with Gasteiger partial charge in [0.1, 0.15) is 11.6 Å². The van der Waals surface area contributed by atoms with E-state index in [4.69, 9.17) is 4.74 Å². The number of ether oxygens (including phenoxy) is 1. The van der Waals surface area contributed by atoms with Crippen molar-refractivity contribution in [1.29, 1.82) is 0 Å². The molecule has 1 N–H and O–H groups in total.